The van der Waals surface area contributed by atoms with Crippen LogP contribution >= 0.6 is 0 Å². The van der Waals surface area contributed by atoms with Gasteiger partial charge in [0.1, 0.15) is 0 Å². The number of carbonyl (C=O) groups excluding carboxylic acids is 2. The Morgan fingerprint density at radius 1 is 1.38 bits per heavy atom. The average molecular weight is 178 g/mol. The lowest BCUT2D eigenvalue weighted by molar-refractivity contribution is -0.125. The van der Waals surface area contributed by atoms with Gasteiger partial charge in [0.15, 0.2) is 0 Å². The van der Waals surface area contributed by atoms with Crippen molar-refractivity contribution in [1.29, 1.82) is 0 Å². The van der Waals surface area contributed by atoms with Crippen molar-refractivity contribution in [1.82, 2.24) is 10.6 Å². The predicted molar refractivity (Wildman–Crippen MR) is 46.5 cm³/mol. The van der Waals surface area contributed by atoms with E-state index in [2.05, 4.69) is 10.6 Å². The Bertz CT molecular complexity index is 318. The number of hydrogen-bond donors (Lipinski definition) is 2. The highest BCUT2D eigenvalue weighted by Crippen LogP contribution is 2.19. The van der Waals surface area contributed by atoms with E-state index in [9.17, 15) is 9.59 Å². The summed E-state index contributed by atoms with van der Waals surface area (Å²) in [6.07, 6.45) is 6.21. The molecule has 2 amide bonds. The molecule has 0 aromatic heterocycles. The van der Waals surface area contributed by atoms with Crippen LogP contribution in [-0.4, -0.2) is 18.4 Å². The number of hydrogen-bond acceptors (Lipinski definition) is 2. The first-order chi connectivity index (χ1) is 6.27. The number of fused-ring (bicyclic) bond motifs is 1. The summed E-state index contributed by atoms with van der Waals surface area (Å²) in [5, 5.41) is 5.27. The maximum atomic E-state index is 11.4. The molecule has 1 heterocycles. The van der Waals surface area contributed by atoms with Gasteiger partial charge < -0.3 is 10.6 Å². The fraction of sp³-hybridized carbons (Fsp3) is 0.333. The zero-order chi connectivity index (χ0) is 9.26. The molecule has 1 atom stereocenters. The van der Waals surface area contributed by atoms with Crippen LogP contribution in [0.25, 0.3) is 0 Å². The summed E-state index contributed by atoms with van der Waals surface area (Å²) in [7, 11) is 0. The van der Waals surface area contributed by atoms with Gasteiger partial charge >= 0.3 is 0 Å². The molecule has 2 N–H and O–H groups in total. The molecule has 2 rings (SSSR count). The molecule has 13 heavy (non-hydrogen) atoms. The summed E-state index contributed by atoms with van der Waals surface area (Å²) in [4.78, 5) is 22.5. The van der Waals surface area contributed by atoms with E-state index in [1.54, 1.807) is 6.08 Å². The molecule has 1 fully saturated rings. The molecule has 0 aromatic carbocycles. The van der Waals surface area contributed by atoms with Crippen LogP contribution in [0.1, 0.15) is 6.42 Å². The molecule has 0 spiro atoms. The molecule has 1 aliphatic carbocycles. The first-order valence-corrected chi connectivity index (χ1v) is 4.21. The number of amides is 2. The maximum Gasteiger partial charge on any atom is 0.243 e. The van der Waals surface area contributed by atoms with Crippen LogP contribution in [0.3, 0.4) is 0 Å². The van der Waals surface area contributed by atoms with Gasteiger partial charge in [0.05, 0.1) is 12.5 Å². The van der Waals surface area contributed by atoms with E-state index in [1.807, 2.05) is 12.2 Å². The van der Waals surface area contributed by atoms with E-state index in [-0.39, 0.29) is 24.3 Å². The summed E-state index contributed by atoms with van der Waals surface area (Å²) in [6, 6.07) is 0. The van der Waals surface area contributed by atoms with Crippen LogP contribution in [0.2, 0.25) is 0 Å². The minimum absolute atomic E-state index is 0.0750. The summed E-state index contributed by atoms with van der Waals surface area (Å²) < 4.78 is 0. The van der Waals surface area contributed by atoms with Gasteiger partial charge in [-0.3, -0.25) is 9.59 Å². The van der Waals surface area contributed by atoms with Crippen LogP contribution < -0.4 is 10.6 Å². The Morgan fingerprint density at radius 3 is 3.08 bits per heavy atom. The van der Waals surface area contributed by atoms with E-state index in [1.165, 1.54) is 0 Å². The Hall–Kier alpha value is -1.58. The zero-order valence-electron chi connectivity index (χ0n) is 7.04. The van der Waals surface area contributed by atoms with E-state index in [0.717, 1.165) is 0 Å². The van der Waals surface area contributed by atoms with Gasteiger partial charge in [-0.2, -0.15) is 0 Å². The lowest BCUT2D eigenvalue weighted by Gasteiger charge is -2.16. The van der Waals surface area contributed by atoms with Crippen molar-refractivity contribution >= 4 is 11.8 Å². The molecule has 1 saturated heterocycles. The van der Waals surface area contributed by atoms with Gasteiger partial charge in [-0.1, -0.05) is 12.2 Å². The van der Waals surface area contributed by atoms with E-state index in [4.69, 9.17) is 0 Å². The maximum absolute atomic E-state index is 11.4. The van der Waals surface area contributed by atoms with Gasteiger partial charge in [0, 0.05) is 5.70 Å². The van der Waals surface area contributed by atoms with Crippen LogP contribution in [0.4, 0.5) is 0 Å². The van der Waals surface area contributed by atoms with Crippen LogP contribution in [0.5, 0.6) is 0 Å². The van der Waals surface area contributed by atoms with Crippen molar-refractivity contribution in [2.45, 2.75) is 6.42 Å². The summed E-state index contributed by atoms with van der Waals surface area (Å²) in [5.41, 5.74) is 0.711. The largest absolute Gasteiger partial charge is 0.346 e. The number of rotatable bonds is 0. The molecule has 2 aliphatic rings. The predicted octanol–water partition coefficient (Wildman–Crippen LogP) is -0.308. The third-order valence-corrected chi connectivity index (χ3v) is 2.18. The SMILES string of the molecule is O=C1CNC(=O)C2CC=CC=C2N1. The van der Waals surface area contributed by atoms with Gasteiger partial charge in [-0.15, -0.1) is 0 Å². The minimum atomic E-state index is -0.212. The third-order valence-electron chi connectivity index (χ3n) is 2.18. The van der Waals surface area contributed by atoms with Crippen molar-refractivity contribution in [3.8, 4) is 0 Å². The van der Waals surface area contributed by atoms with Crippen molar-refractivity contribution < 1.29 is 9.59 Å². The molecule has 1 aliphatic heterocycles. The standard InChI is InChI=1S/C9H10N2O2/c12-8-5-10-9(13)6-3-1-2-4-7(6)11-8/h1-2,4,6H,3,5H2,(H,10,13)(H,11,12). The molecule has 68 valence electrons. The molecule has 0 saturated carbocycles. The van der Waals surface area contributed by atoms with Crippen LogP contribution in [0, 0.1) is 5.92 Å². The second kappa shape index (κ2) is 3.05. The first kappa shape index (κ1) is 8.04. The smallest absolute Gasteiger partial charge is 0.243 e. The Balaban J connectivity index is 2.29. The Morgan fingerprint density at radius 2 is 2.23 bits per heavy atom. The lowest BCUT2D eigenvalue weighted by atomic mass is 9.96. The second-order valence-electron chi connectivity index (χ2n) is 3.10. The van der Waals surface area contributed by atoms with Gasteiger partial charge in [0.2, 0.25) is 11.8 Å². The van der Waals surface area contributed by atoms with E-state index >= 15 is 0 Å². The molecule has 4 heteroatoms. The highest BCUT2D eigenvalue weighted by atomic mass is 16.2. The molecule has 4 nitrogen and oxygen atoms in total. The number of nitrogens with one attached hydrogen (secondary N) is 2. The van der Waals surface area contributed by atoms with Gasteiger partial charge in [0.25, 0.3) is 0 Å². The summed E-state index contributed by atoms with van der Waals surface area (Å²) in [5.74, 6) is -0.442. The van der Waals surface area contributed by atoms with Crippen molar-refractivity contribution in [2.75, 3.05) is 6.54 Å². The quantitative estimate of drug-likeness (QED) is 0.534. The van der Waals surface area contributed by atoms with Gasteiger partial charge in [-0.05, 0) is 12.5 Å². The second-order valence-corrected chi connectivity index (χ2v) is 3.10. The monoisotopic (exact) mass is 178 g/mol. The van der Waals surface area contributed by atoms with E-state index in [0.29, 0.717) is 12.1 Å². The fourth-order valence-electron chi connectivity index (χ4n) is 1.50. The molecule has 1 unspecified atom stereocenters. The molecule has 0 bridgehead atoms. The summed E-state index contributed by atoms with van der Waals surface area (Å²) >= 11 is 0. The van der Waals surface area contributed by atoms with Crippen molar-refractivity contribution in [3.05, 3.63) is 23.9 Å². The first-order valence-electron chi connectivity index (χ1n) is 4.21. The Labute approximate surface area is 75.7 Å². The molecular formula is C9H10N2O2. The third kappa shape index (κ3) is 1.47. The van der Waals surface area contributed by atoms with Gasteiger partial charge in [-0.25, -0.2) is 0 Å². The average Bonchev–Trinajstić information content (AvgIpc) is 2.27. The van der Waals surface area contributed by atoms with Crippen molar-refractivity contribution in [3.63, 3.8) is 0 Å². The van der Waals surface area contributed by atoms with Crippen LogP contribution in [-0.2, 0) is 9.59 Å². The minimum Gasteiger partial charge on any atom is -0.346 e. The van der Waals surface area contributed by atoms with Crippen LogP contribution in [0.15, 0.2) is 23.9 Å². The zero-order valence-corrected chi connectivity index (χ0v) is 7.04. The fourth-order valence-corrected chi connectivity index (χ4v) is 1.50. The lowest BCUT2D eigenvalue weighted by Crippen LogP contribution is -2.31. The highest BCUT2D eigenvalue weighted by molar-refractivity contribution is 5.92. The summed E-state index contributed by atoms with van der Waals surface area (Å²) in [6.45, 7) is 0.0761. The highest BCUT2D eigenvalue weighted by Gasteiger charge is 2.27. The molecular weight excluding hydrogens is 168 g/mol. The Kier molecular flexibility index (Phi) is 1.88. The number of allylic oxidation sites excluding steroid dienone is 3. The van der Waals surface area contributed by atoms with E-state index < -0.39 is 0 Å². The normalized spacial score (nSPS) is 26.8. The molecule has 0 radical (unpaired) electrons. The van der Waals surface area contributed by atoms with Crippen molar-refractivity contribution in [2.24, 2.45) is 5.92 Å². The topological polar surface area (TPSA) is 58.2 Å². The number of carbonyl (C=O) groups is 2. The molecule has 0 aromatic rings.